The molecule has 1 aliphatic carbocycles. The second-order valence-electron chi connectivity index (χ2n) is 8.02. The molecule has 2 aromatic heterocycles. The molecule has 1 aromatic carbocycles. The highest BCUT2D eigenvalue weighted by molar-refractivity contribution is 7.12. The minimum Gasteiger partial charge on any atom is -0.497 e. The third-order valence-electron chi connectivity index (χ3n) is 5.83. The fourth-order valence-corrected chi connectivity index (χ4v) is 4.83. The van der Waals surface area contributed by atoms with E-state index in [1.54, 1.807) is 30.2 Å². The van der Waals surface area contributed by atoms with E-state index in [1.165, 1.54) is 24.0 Å². The Morgan fingerprint density at radius 2 is 1.91 bits per heavy atom. The number of methoxy groups -OCH3 is 1. The lowest BCUT2D eigenvalue weighted by atomic mass is 9.95. The molecular weight excluding hydrogens is 424 g/mol. The number of carbonyl (C=O) groups excluding carboxylic acids is 2. The smallest absolute Gasteiger partial charge is 0.265 e. The molecule has 0 spiro atoms. The normalized spacial score (nSPS) is 15.2. The number of thiophene rings is 1. The Hall–Kier alpha value is -3.06. The van der Waals surface area contributed by atoms with Gasteiger partial charge < -0.3 is 19.4 Å². The molecule has 1 aliphatic rings. The highest BCUT2D eigenvalue weighted by atomic mass is 32.1. The van der Waals surface area contributed by atoms with E-state index < -0.39 is 6.04 Å². The monoisotopic (exact) mass is 452 g/mol. The van der Waals surface area contributed by atoms with Gasteiger partial charge in [0.2, 0.25) is 0 Å². The van der Waals surface area contributed by atoms with Gasteiger partial charge in [-0.05, 0) is 54.1 Å². The van der Waals surface area contributed by atoms with Crippen LogP contribution in [0.4, 0.5) is 0 Å². The van der Waals surface area contributed by atoms with Crippen molar-refractivity contribution in [2.24, 2.45) is 0 Å². The number of hydrogen-bond acceptors (Lipinski definition) is 5. The van der Waals surface area contributed by atoms with E-state index in [-0.39, 0.29) is 24.4 Å². The van der Waals surface area contributed by atoms with Crippen molar-refractivity contribution in [1.29, 1.82) is 0 Å². The SMILES string of the molecule is COc1ccc(CN(C(=O)c2cccs2)C(C(=O)NC2CCCCC2)c2ccco2)cc1. The van der Waals surface area contributed by atoms with E-state index in [4.69, 9.17) is 9.15 Å². The van der Waals surface area contributed by atoms with Gasteiger partial charge in [0.05, 0.1) is 18.3 Å². The van der Waals surface area contributed by atoms with E-state index in [0.29, 0.717) is 10.6 Å². The Kier molecular flexibility index (Phi) is 7.27. The number of carbonyl (C=O) groups is 2. The van der Waals surface area contributed by atoms with Crippen LogP contribution in [0.5, 0.6) is 5.75 Å². The van der Waals surface area contributed by atoms with Crippen molar-refractivity contribution in [1.82, 2.24) is 10.2 Å². The van der Waals surface area contributed by atoms with Gasteiger partial charge in [0.1, 0.15) is 11.5 Å². The molecule has 2 amide bonds. The van der Waals surface area contributed by atoms with Crippen LogP contribution in [0, 0.1) is 0 Å². The van der Waals surface area contributed by atoms with Gasteiger partial charge in [-0.3, -0.25) is 9.59 Å². The molecule has 0 radical (unpaired) electrons. The summed E-state index contributed by atoms with van der Waals surface area (Å²) in [4.78, 5) is 29.3. The quantitative estimate of drug-likeness (QED) is 0.511. The number of rotatable bonds is 8. The first kappa shape index (κ1) is 22.1. The molecule has 2 heterocycles. The topological polar surface area (TPSA) is 71.8 Å². The number of amides is 2. The standard InChI is InChI=1S/C25H28N2O4S/c1-30-20-13-11-18(12-14-20)17-27(25(29)22-10-6-16-32-22)23(21-9-5-15-31-21)24(28)26-19-7-3-2-4-8-19/h5-6,9-16,19,23H,2-4,7-8,17H2,1H3,(H,26,28). The predicted octanol–water partition coefficient (Wildman–Crippen LogP) is 5.18. The first-order valence-electron chi connectivity index (χ1n) is 11.0. The van der Waals surface area contributed by atoms with Gasteiger partial charge in [0, 0.05) is 12.6 Å². The zero-order valence-electron chi connectivity index (χ0n) is 18.2. The molecule has 1 N–H and O–H groups in total. The molecule has 0 bridgehead atoms. The summed E-state index contributed by atoms with van der Waals surface area (Å²) >= 11 is 1.36. The number of furan rings is 1. The third kappa shape index (κ3) is 5.22. The van der Waals surface area contributed by atoms with E-state index >= 15 is 0 Å². The summed E-state index contributed by atoms with van der Waals surface area (Å²) in [6, 6.07) is 13.9. The Morgan fingerprint density at radius 1 is 1.12 bits per heavy atom. The van der Waals surface area contributed by atoms with Crippen molar-refractivity contribution < 1.29 is 18.7 Å². The highest BCUT2D eigenvalue weighted by Gasteiger charge is 2.35. The minimum absolute atomic E-state index is 0.133. The van der Waals surface area contributed by atoms with Gasteiger partial charge in [-0.1, -0.05) is 37.5 Å². The molecule has 32 heavy (non-hydrogen) atoms. The second-order valence-corrected chi connectivity index (χ2v) is 8.97. The van der Waals surface area contributed by atoms with Crippen LogP contribution in [0.3, 0.4) is 0 Å². The lowest BCUT2D eigenvalue weighted by Crippen LogP contribution is -2.46. The molecule has 6 nitrogen and oxygen atoms in total. The maximum Gasteiger partial charge on any atom is 0.265 e. The predicted molar refractivity (Wildman–Crippen MR) is 124 cm³/mol. The summed E-state index contributed by atoms with van der Waals surface area (Å²) in [5.41, 5.74) is 0.901. The zero-order chi connectivity index (χ0) is 22.3. The highest BCUT2D eigenvalue weighted by Crippen LogP contribution is 2.29. The van der Waals surface area contributed by atoms with Crippen LogP contribution in [0.25, 0.3) is 0 Å². The molecule has 0 aliphatic heterocycles. The van der Waals surface area contributed by atoms with Gasteiger partial charge in [-0.25, -0.2) is 0 Å². The second kappa shape index (κ2) is 10.5. The van der Waals surface area contributed by atoms with Crippen molar-refractivity contribution in [2.45, 2.75) is 50.7 Å². The van der Waals surface area contributed by atoms with Crippen LogP contribution < -0.4 is 10.1 Å². The largest absolute Gasteiger partial charge is 0.497 e. The van der Waals surface area contributed by atoms with Crippen LogP contribution in [-0.2, 0) is 11.3 Å². The van der Waals surface area contributed by atoms with Crippen molar-refractivity contribution in [3.05, 3.63) is 76.4 Å². The Balaban J connectivity index is 1.66. The number of benzene rings is 1. The van der Waals surface area contributed by atoms with E-state index in [1.807, 2.05) is 35.7 Å². The van der Waals surface area contributed by atoms with Crippen molar-refractivity contribution >= 4 is 23.2 Å². The minimum atomic E-state index is -0.858. The number of ether oxygens (including phenoxy) is 1. The lowest BCUT2D eigenvalue weighted by Gasteiger charge is -2.32. The Bertz CT molecular complexity index is 993. The third-order valence-corrected chi connectivity index (χ3v) is 6.69. The molecule has 7 heteroatoms. The van der Waals surface area contributed by atoms with Crippen molar-refractivity contribution in [3.8, 4) is 5.75 Å². The van der Waals surface area contributed by atoms with Crippen LogP contribution in [-0.4, -0.2) is 29.9 Å². The lowest BCUT2D eigenvalue weighted by molar-refractivity contribution is -0.127. The van der Waals surface area contributed by atoms with Gasteiger partial charge in [0.15, 0.2) is 6.04 Å². The molecule has 1 saturated carbocycles. The summed E-state index contributed by atoms with van der Waals surface area (Å²) in [5.74, 6) is 0.792. The van der Waals surface area contributed by atoms with Crippen molar-refractivity contribution in [2.75, 3.05) is 7.11 Å². The van der Waals surface area contributed by atoms with Crippen LogP contribution in [0.1, 0.15) is 59.1 Å². The summed E-state index contributed by atoms with van der Waals surface area (Å²) in [7, 11) is 1.62. The maximum atomic E-state index is 13.6. The molecule has 1 atom stereocenters. The summed E-state index contributed by atoms with van der Waals surface area (Å²) in [6.45, 7) is 0.268. The summed E-state index contributed by atoms with van der Waals surface area (Å²) < 4.78 is 10.9. The molecule has 4 rings (SSSR count). The number of nitrogens with zero attached hydrogens (tertiary/aromatic N) is 1. The Morgan fingerprint density at radius 3 is 2.53 bits per heavy atom. The van der Waals surface area contributed by atoms with E-state index in [9.17, 15) is 9.59 Å². The van der Waals surface area contributed by atoms with E-state index in [2.05, 4.69) is 5.32 Å². The fraction of sp³-hybridized carbons (Fsp3) is 0.360. The van der Waals surface area contributed by atoms with E-state index in [0.717, 1.165) is 37.0 Å². The van der Waals surface area contributed by atoms with Gasteiger partial charge in [-0.15, -0.1) is 11.3 Å². The van der Waals surface area contributed by atoms with Crippen LogP contribution in [0.15, 0.2) is 64.6 Å². The molecule has 3 aromatic rings. The maximum absolute atomic E-state index is 13.6. The number of hydrogen-bond donors (Lipinski definition) is 1. The van der Waals surface area contributed by atoms with Gasteiger partial charge >= 0.3 is 0 Å². The van der Waals surface area contributed by atoms with Gasteiger partial charge in [0.25, 0.3) is 11.8 Å². The van der Waals surface area contributed by atoms with Crippen LogP contribution in [0.2, 0.25) is 0 Å². The first-order valence-corrected chi connectivity index (χ1v) is 11.8. The van der Waals surface area contributed by atoms with Crippen LogP contribution >= 0.6 is 11.3 Å². The summed E-state index contributed by atoms with van der Waals surface area (Å²) in [5, 5.41) is 5.05. The average Bonchev–Trinajstić information content (AvgIpc) is 3.54. The summed E-state index contributed by atoms with van der Waals surface area (Å²) in [6.07, 6.45) is 6.90. The molecule has 168 valence electrons. The zero-order valence-corrected chi connectivity index (χ0v) is 19.0. The molecular formula is C25H28N2O4S. The van der Waals surface area contributed by atoms with Gasteiger partial charge in [-0.2, -0.15) is 0 Å². The average molecular weight is 453 g/mol. The Labute approximate surface area is 192 Å². The number of nitrogens with one attached hydrogen (secondary N) is 1. The molecule has 1 unspecified atom stereocenters. The fourth-order valence-electron chi connectivity index (χ4n) is 4.15. The molecule has 1 fully saturated rings. The first-order chi connectivity index (χ1) is 15.7. The molecule has 0 saturated heterocycles. The van der Waals surface area contributed by atoms with Crippen molar-refractivity contribution in [3.63, 3.8) is 0 Å².